The van der Waals surface area contributed by atoms with Crippen molar-refractivity contribution in [3.63, 3.8) is 0 Å². The maximum atomic E-state index is 6.12. The van der Waals surface area contributed by atoms with Crippen molar-refractivity contribution >= 4 is 0 Å². The summed E-state index contributed by atoms with van der Waals surface area (Å²) in [7, 11) is 2.18. The fraction of sp³-hybridized carbons (Fsp3) is 0.600. The molecule has 0 spiro atoms. The predicted molar refractivity (Wildman–Crippen MR) is 72.8 cm³/mol. The van der Waals surface area contributed by atoms with Gasteiger partial charge in [-0.3, -0.25) is 0 Å². The number of aryl methyl sites for hydroxylation is 1. The number of hydrogen-bond donors (Lipinski definition) is 1. The fourth-order valence-corrected chi connectivity index (χ4v) is 2.33. The zero-order valence-corrected chi connectivity index (χ0v) is 11.0. The van der Waals surface area contributed by atoms with Crippen molar-refractivity contribution < 1.29 is 0 Å². The molecule has 0 bridgehead atoms. The van der Waals surface area contributed by atoms with E-state index in [1.54, 1.807) is 0 Å². The summed E-state index contributed by atoms with van der Waals surface area (Å²) in [6.07, 6.45) is 3.83. The van der Waals surface area contributed by atoms with Crippen molar-refractivity contribution in [2.24, 2.45) is 11.7 Å². The Kier molecular flexibility index (Phi) is 4.19. The minimum atomic E-state index is 0.426. The Morgan fingerprint density at radius 3 is 2.82 bits per heavy atom. The Labute approximate surface area is 105 Å². The van der Waals surface area contributed by atoms with E-state index in [1.165, 1.54) is 24.0 Å². The largest absolute Gasteiger partial charge is 0.327 e. The molecule has 2 heteroatoms. The molecule has 0 aromatic heterocycles. The van der Waals surface area contributed by atoms with Gasteiger partial charge in [-0.25, -0.2) is 0 Å². The van der Waals surface area contributed by atoms with Crippen LogP contribution in [0.3, 0.4) is 0 Å². The normalized spacial score (nSPS) is 17.4. The van der Waals surface area contributed by atoms with Crippen molar-refractivity contribution in [1.82, 2.24) is 4.90 Å². The van der Waals surface area contributed by atoms with Gasteiger partial charge in [-0.05, 0) is 51.3 Å². The van der Waals surface area contributed by atoms with E-state index < -0.39 is 0 Å². The van der Waals surface area contributed by atoms with E-state index in [9.17, 15) is 0 Å². The van der Waals surface area contributed by atoms with Crippen LogP contribution in [-0.4, -0.2) is 24.5 Å². The predicted octanol–water partition coefficient (Wildman–Crippen LogP) is 2.55. The van der Waals surface area contributed by atoms with Crippen molar-refractivity contribution in [2.45, 2.75) is 38.8 Å². The molecule has 94 valence electrons. The Morgan fingerprint density at radius 1 is 1.41 bits per heavy atom. The van der Waals surface area contributed by atoms with Gasteiger partial charge in [-0.15, -0.1) is 0 Å². The van der Waals surface area contributed by atoms with Crippen molar-refractivity contribution in [2.75, 3.05) is 13.6 Å². The van der Waals surface area contributed by atoms with Gasteiger partial charge >= 0.3 is 0 Å². The van der Waals surface area contributed by atoms with Gasteiger partial charge in [-0.1, -0.05) is 29.8 Å². The van der Waals surface area contributed by atoms with Gasteiger partial charge < -0.3 is 10.6 Å². The SMILES string of the molecule is Cc1cccc(CN(C)CCC(N)C2CC2)c1. The number of hydrogen-bond acceptors (Lipinski definition) is 2. The molecule has 1 fully saturated rings. The molecule has 0 heterocycles. The summed E-state index contributed by atoms with van der Waals surface area (Å²) in [5, 5.41) is 0. The van der Waals surface area contributed by atoms with E-state index in [-0.39, 0.29) is 0 Å². The van der Waals surface area contributed by atoms with Gasteiger partial charge in [-0.2, -0.15) is 0 Å². The van der Waals surface area contributed by atoms with E-state index in [0.717, 1.165) is 25.4 Å². The molecule has 0 saturated heterocycles. The molecule has 1 aromatic carbocycles. The quantitative estimate of drug-likeness (QED) is 0.816. The molecule has 0 radical (unpaired) electrons. The molecule has 1 aliphatic carbocycles. The molecule has 0 amide bonds. The summed E-state index contributed by atoms with van der Waals surface area (Å²) >= 11 is 0. The lowest BCUT2D eigenvalue weighted by Gasteiger charge is -2.19. The van der Waals surface area contributed by atoms with Gasteiger partial charge in [0.2, 0.25) is 0 Å². The van der Waals surface area contributed by atoms with Crippen LogP contribution in [0, 0.1) is 12.8 Å². The summed E-state index contributed by atoms with van der Waals surface area (Å²) in [6.45, 7) is 4.27. The second-order valence-corrected chi connectivity index (χ2v) is 5.52. The Hall–Kier alpha value is -0.860. The minimum absolute atomic E-state index is 0.426. The van der Waals surface area contributed by atoms with E-state index in [1.807, 2.05) is 0 Å². The third kappa shape index (κ3) is 4.14. The summed E-state index contributed by atoms with van der Waals surface area (Å²) in [5.74, 6) is 0.822. The molecular weight excluding hydrogens is 208 g/mol. The summed E-state index contributed by atoms with van der Waals surface area (Å²) < 4.78 is 0. The van der Waals surface area contributed by atoms with Crippen molar-refractivity contribution in [1.29, 1.82) is 0 Å². The molecule has 1 aromatic rings. The van der Waals surface area contributed by atoms with Gasteiger partial charge in [0, 0.05) is 12.6 Å². The van der Waals surface area contributed by atoms with E-state index in [0.29, 0.717) is 6.04 Å². The Morgan fingerprint density at radius 2 is 2.18 bits per heavy atom. The first-order valence-electron chi connectivity index (χ1n) is 6.65. The van der Waals surface area contributed by atoms with Gasteiger partial charge in [0.15, 0.2) is 0 Å². The number of benzene rings is 1. The number of rotatable bonds is 6. The molecule has 1 saturated carbocycles. The lowest BCUT2D eigenvalue weighted by Crippen LogP contribution is -2.29. The lowest BCUT2D eigenvalue weighted by molar-refractivity contribution is 0.305. The average Bonchev–Trinajstić information content (AvgIpc) is 3.09. The molecular formula is C15H24N2. The van der Waals surface area contributed by atoms with E-state index in [4.69, 9.17) is 5.73 Å². The molecule has 1 atom stereocenters. The first kappa shape index (κ1) is 12.6. The third-order valence-electron chi connectivity index (χ3n) is 3.61. The van der Waals surface area contributed by atoms with E-state index in [2.05, 4.69) is 43.1 Å². The topological polar surface area (TPSA) is 29.3 Å². The minimum Gasteiger partial charge on any atom is -0.327 e. The highest BCUT2D eigenvalue weighted by Crippen LogP contribution is 2.32. The first-order valence-corrected chi connectivity index (χ1v) is 6.65. The van der Waals surface area contributed by atoms with Gasteiger partial charge in [0.05, 0.1) is 0 Å². The molecule has 1 aliphatic rings. The summed E-state index contributed by atoms with van der Waals surface area (Å²) in [6, 6.07) is 9.16. The monoisotopic (exact) mass is 232 g/mol. The fourth-order valence-electron chi connectivity index (χ4n) is 2.33. The van der Waals surface area contributed by atoms with E-state index >= 15 is 0 Å². The summed E-state index contributed by atoms with van der Waals surface area (Å²) in [4.78, 5) is 2.37. The van der Waals surface area contributed by atoms with Crippen molar-refractivity contribution in [3.05, 3.63) is 35.4 Å². The van der Waals surface area contributed by atoms with Crippen LogP contribution in [0.2, 0.25) is 0 Å². The Bertz CT molecular complexity index is 358. The maximum Gasteiger partial charge on any atom is 0.0230 e. The van der Waals surface area contributed by atoms with Crippen LogP contribution in [0.4, 0.5) is 0 Å². The zero-order chi connectivity index (χ0) is 12.3. The average molecular weight is 232 g/mol. The first-order chi connectivity index (χ1) is 8.15. The lowest BCUT2D eigenvalue weighted by atomic mass is 10.1. The highest BCUT2D eigenvalue weighted by Gasteiger charge is 2.28. The molecule has 17 heavy (non-hydrogen) atoms. The highest BCUT2D eigenvalue weighted by atomic mass is 15.1. The van der Waals surface area contributed by atoms with Crippen LogP contribution >= 0.6 is 0 Å². The van der Waals surface area contributed by atoms with Crippen molar-refractivity contribution in [3.8, 4) is 0 Å². The second kappa shape index (κ2) is 5.65. The number of nitrogens with two attached hydrogens (primary N) is 1. The smallest absolute Gasteiger partial charge is 0.0230 e. The standard InChI is InChI=1S/C15H24N2/c1-12-4-3-5-13(10-12)11-17(2)9-8-15(16)14-6-7-14/h3-5,10,14-15H,6-9,11,16H2,1-2H3. The van der Waals surface area contributed by atoms with Gasteiger partial charge in [0.25, 0.3) is 0 Å². The summed E-state index contributed by atoms with van der Waals surface area (Å²) in [5.41, 5.74) is 8.85. The van der Waals surface area contributed by atoms with Crippen LogP contribution < -0.4 is 5.73 Å². The highest BCUT2D eigenvalue weighted by molar-refractivity contribution is 5.21. The maximum absolute atomic E-state index is 6.12. The molecule has 0 aliphatic heterocycles. The van der Waals surface area contributed by atoms with Crippen LogP contribution in [0.1, 0.15) is 30.4 Å². The zero-order valence-electron chi connectivity index (χ0n) is 11.0. The van der Waals surface area contributed by atoms with Crippen LogP contribution in [0.5, 0.6) is 0 Å². The second-order valence-electron chi connectivity index (χ2n) is 5.52. The van der Waals surface area contributed by atoms with Gasteiger partial charge in [0.1, 0.15) is 0 Å². The molecule has 2 N–H and O–H groups in total. The van der Waals surface area contributed by atoms with Crippen LogP contribution in [0.15, 0.2) is 24.3 Å². The Balaban J connectivity index is 1.74. The molecule has 1 unspecified atom stereocenters. The number of nitrogens with zero attached hydrogens (tertiary/aromatic N) is 1. The molecule has 2 nitrogen and oxygen atoms in total. The molecule has 2 rings (SSSR count). The third-order valence-corrected chi connectivity index (χ3v) is 3.61. The van der Waals surface area contributed by atoms with Crippen LogP contribution in [-0.2, 0) is 6.54 Å². The van der Waals surface area contributed by atoms with Crippen LogP contribution in [0.25, 0.3) is 0 Å².